The second-order valence-electron chi connectivity index (χ2n) is 5.02. The number of hydrogen-bond donors (Lipinski definition) is 1. The molecule has 2 rings (SSSR count). The van der Waals surface area contributed by atoms with E-state index in [9.17, 15) is 13.2 Å². The van der Waals surface area contributed by atoms with Crippen molar-refractivity contribution in [2.24, 2.45) is 5.41 Å². The third-order valence-electron chi connectivity index (χ3n) is 3.44. The average Bonchev–Trinajstić information content (AvgIpc) is 2.91. The molecule has 106 valence electrons. The fraction of sp³-hybridized carbons (Fsp3) is 0.583. The molecule has 0 aromatic carbocycles. The predicted octanol–water partition coefficient (Wildman–Crippen LogP) is 2.99. The number of hydrogen-bond acceptors (Lipinski definition) is 4. The molecule has 1 fully saturated rings. The maximum atomic E-state index is 11.9. The second kappa shape index (κ2) is 5.42. The topological polar surface area (TPSA) is 63.2 Å². The van der Waals surface area contributed by atoms with E-state index in [1.807, 2.05) is 0 Å². The largest absolute Gasteiger partial charge is 0.351 e. The van der Waals surface area contributed by atoms with Gasteiger partial charge in [0.05, 0.1) is 5.56 Å². The molecule has 1 aliphatic rings. The lowest BCUT2D eigenvalue weighted by atomic mass is 10.0. The summed E-state index contributed by atoms with van der Waals surface area (Å²) in [5.74, 6) is -0.231. The number of carbonyl (C=O) groups is 1. The molecule has 0 atom stereocenters. The molecule has 0 bridgehead atoms. The number of rotatable bonds is 6. The molecular formula is C12H16ClNO3S2. The van der Waals surface area contributed by atoms with Gasteiger partial charge in [-0.1, -0.05) is 13.3 Å². The van der Waals surface area contributed by atoms with Crippen LogP contribution in [0.3, 0.4) is 0 Å². The van der Waals surface area contributed by atoms with Gasteiger partial charge in [0.15, 0.2) is 0 Å². The summed E-state index contributed by atoms with van der Waals surface area (Å²) in [5, 5.41) is 4.40. The molecule has 0 aliphatic heterocycles. The Balaban J connectivity index is 1.95. The van der Waals surface area contributed by atoms with Crippen molar-refractivity contribution < 1.29 is 13.2 Å². The number of nitrogens with one attached hydrogen (secondary N) is 1. The molecule has 1 amide bonds. The summed E-state index contributed by atoms with van der Waals surface area (Å²) >= 11 is 0.963. The zero-order valence-electron chi connectivity index (χ0n) is 10.6. The Kier molecular flexibility index (Phi) is 4.23. The van der Waals surface area contributed by atoms with Gasteiger partial charge in [-0.25, -0.2) is 8.42 Å². The molecule has 0 unspecified atom stereocenters. The molecule has 1 heterocycles. The summed E-state index contributed by atoms with van der Waals surface area (Å²) in [5.41, 5.74) is 0.637. The minimum absolute atomic E-state index is 0.00834. The van der Waals surface area contributed by atoms with Crippen LogP contribution in [0.25, 0.3) is 0 Å². The average molecular weight is 322 g/mol. The van der Waals surface area contributed by atoms with Crippen LogP contribution in [0.5, 0.6) is 0 Å². The summed E-state index contributed by atoms with van der Waals surface area (Å²) in [6, 6.07) is 1.32. The quantitative estimate of drug-likeness (QED) is 0.819. The van der Waals surface area contributed by atoms with Gasteiger partial charge in [0, 0.05) is 22.6 Å². The van der Waals surface area contributed by atoms with Gasteiger partial charge < -0.3 is 5.32 Å². The van der Waals surface area contributed by atoms with E-state index in [0.29, 0.717) is 12.1 Å². The van der Waals surface area contributed by atoms with Crippen molar-refractivity contribution >= 4 is 37.0 Å². The molecule has 7 heteroatoms. The highest BCUT2D eigenvalue weighted by Gasteiger charge is 2.41. The van der Waals surface area contributed by atoms with E-state index in [4.69, 9.17) is 10.7 Å². The Labute approximate surface area is 121 Å². The van der Waals surface area contributed by atoms with E-state index in [-0.39, 0.29) is 15.5 Å². The van der Waals surface area contributed by atoms with Gasteiger partial charge in [-0.05, 0) is 30.7 Å². The molecule has 1 N–H and O–H groups in total. The van der Waals surface area contributed by atoms with Crippen LogP contribution in [0.4, 0.5) is 0 Å². The van der Waals surface area contributed by atoms with Crippen molar-refractivity contribution in [1.82, 2.24) is 5.32 Å². The molecule has 19 heavy (non-hydrogen) atoms. The molecule has 1 aliphatic carbocycles. The molecule has 1 saturated carbocycles. The number of amides is 1. The third kappa shape index (κ3) is 3.70. The van der Waals surface area contributed by atoms with Crippen LogP contribution >= 0.6 is 22.0 Å². The van der Waals surface area contributed by atoms with Gasteiger partial charge in [0.1, 0.15) is 4.21 Å². The Morgan fingerprint density at radius 2 is 2.21 bits per heavy atom. The van der Waals surface area contributed by atoms with Crippen molar-refractivity contribution in [3.05, 3.63) is 17.0 Å². The van der Waals surface area contributed by atoms with Gasteiger partial charge in [0.25, 0.3) is 15.0 Å². The highest BCUT2D eigenvalue weighted by atomic mass is 35.7. The Hall–Kier alpha value is -0.590. The molecule has 1 aromatic rings. The van der Waals surface area contributed by atoms with Crippen molar-refractivity contribution in [2.45, 2.75) is 36.8 Å². The first kappa shape index (κ1) is 14.8. The highest BCUT2D eigenvalue weighted by Crippen LogP contribution is 2.48. The van der Waals surface area contributed by atoms with Crippen molar-refractivity contribution in [2.75, 3.05) is 6.54 Å². The highest BCUT2D eigenvalue weighted by molar-refractivity contribution is 8.15. The van der Waals surface area contributed by atoms with Crippen molar-refractivity contribution in [3.8, 4) is 0 Å². The Morgan fingerprint density at radius 3 is 2.68 bits per heavy atom. The first-order valence-electron chi connectivity index (χ1n) is 6.18. The molecule has 1 aromatic heterocycles. The van der Waals surface area contributed by atoms with E-state index in [2.05, 4.69) is 12.2 Å². The number of carbonyl (C=O) groups excluding carboxylic acids is 1. The van der Waals surface area contributed by atoms with Gasteiger partial charge in [-0.2, -0.15) is 0 Å². The molecular weight excluding hydrogens is 306 g/mol. The third-order valence-corrected chi connectivity index (χ3v) is 6.48. The molecule has 0 spiro atoms. The van der Waals surface area contributed by atoms with E-state index in [1.165, 1.54) is 11.4 Å². The van der Waals surface area contributed by atoms with Crippen LogP contribution in [-0.2, 0) is 9.05 Å². The van der Waals surface area contributed by atoms with E-state index in [1.54, 1.807) is 0 Å². The van der Waals surface area contributed by atoms with Gasteiger partial charge in [0.2, 0.25) is 0 Å². The van der Waals surface area contributed by atoms with Crippen LogP contribution in [0.1, 0.15) is 43.0 Å². The first-order chi connectivity index (χ1) is 8.86. The maximum absolute atomic E-state index is 11.9. The van der Waals surface area contributed by atoms with Gasteiger partial charge in [-0.3, -0.25) is 4.79 Å². The Bertz CT molecular complexity index is 576. The summed E-state index contributed by atoms with van der Waals surface area (Å²) in [4.78, 5) is 11.9. The fourth-order valence-electron chi connectivity index (χ4n) is 2.16. The second-order valence-corrected chi connectivity index (χ2v) is 8.73. The van der Waals surface area contributed by atoms with Crippen LogP contribution in [0.2, 0.25) is 0 Å². The minimum Gasteiger partial charge on any atom is -0.351 e. The number of thiophene rings is 1. The molecule has 0 radical (unpaired) electrons. The van der Waals surface area contributed by atoms with E-state index < -0.39 is 9.05 Å². The summed E-state index contributed by atoms with van der Waals surface area (Å²) < 4.78 is 22.3. The summed E-state index contributed by atoms with van der Waals surface area (Å²) in [7, 11) is 1.48. The lowest BCUT2D eigenvalue weighted by molar-refractivity contribution is 0.0944. The number of halogens is 1. The van der Waals surface area contributed by atoms with E-state index in [0.717, 1.165) is 37.0 Å². The Morgan fingerprint density at radius 1 is 1.53 bits per heavy atom. The zero-order valence-corrected chi connectivity index (χ0v) is 13.0. The lowest BCUT2D eigenvalue weighted by Crippen LogP contribution is -2.29. The van der Waals surface area contributed by atoms with Gasteiger partial charge >= 0.3 is 0 Å². The summed E-state index contributed by atoms with van der Waals surface area (Å²) in [6.07, 6.45) is 4.55. The maximum Gasteiger partial charge on any atom is 0.270 e. The smallest absolute Gasteiger partial charge is 0.270 e. The summed E-state index contributed by atoms with van der Waals surface area (Å²) in [6.45, 7) is 2.80. The van der Waals surface area contributed by atoms with Crippen molar-refractivity contribution in [1.29, 1.82) is 0 Å². The van der Waals surface area contributed by atoms with Crippen LogP contribution in [0, 0.1) is 5.41 Å². The van der Waals surface area contributed by atoms with Gasteiger partial charge in [-0.15, -0.1) is 11.3 Å². The molecule has 0 saturated heterocycles. The van der Waals surface area contributed by atoms with Crippen LogP contribution in [-0.4, -0.2) is 20.9 Å². The SMILES string of the molecule is CCCC1(CNC(=O)c2csc(S(=O)(=O)Cl)c2)CC1. The van der Waals surface area contributed by atoms with Crippen molar-refractivity contribution in [3.63, 3.8) is 0 Å². The van der Waals surface area contributed by atoms with Crippen LogP contribution < -0.4 is 5.32 Å². The normalized spacial score (nSPS) is 17.2. The zero-order chi connectivity index (χ0) is 14.1. The van der Waals surface area contributed by atoms with E-state index >= 15 is 0 Å². The monoisotopic (exact) mass is 321 g/mol. The van der Waals surface area contributed by atoms with Crippen LogP contribution in [0.15, 0.2) is 15.7 Å². The fourth-order valence-corrected chi connectivity index (χ4v) is 4.10. The first-order valence-corrected chi connectivity index (χ1v) is 9.37. The molecule has 4 nitrogen and oxygen atoms in total. The standard InChI is InChI=1S/C12H16ClNO3S2/c1-2-3-12(4-5-12)8-14-11(15)9-6-10(18-7-9)19(13,16)17/h6-7H,2-5,8H2,1H3,(H,14,15). The lowest BCUT2D eigenvalue weighted by Gasteiger charge is -2.14. The minimum atomic E-state index is -3.74. The predicted molar refractivity (Wildman–Crippen MR) is 76.3 cm³/mol.